The maximum absolute atomic E-state index is 12.7. The number of aryl methyl sites for hydroxylation is 2. The van der Waals surface area contributed by atoms with Gasteiger partial charge in [-0.05, 0) is 79.7 Å². The molecule has 0 unspecified atom stereocenters. The van der Waals surface area contributed by atoms with Gasteiger partial charge in [0.2, 0.25) is 5.89 Å². The fourth-order valence-electron chi connectivity index (χ4n) is 3.77. The van der Waals surface area contributed by atoms with Gasteiger partial charge in [0, 0.05) is 11.1 Å². The topological polar surface area (TPSA) is 85.6 Å². The number of hydrogen-bond acceptors (Lipinski definition) is 6. The van der Waals surface area contributed by atoms with E-state index in [-0.39, 0.29) is 11.0 Å². The van der Waals surface area contributed by atoms with Gasteiger partial charge in [-0.2, -0.15) is 0 Å². The Balaban J connectivity index is 1.33. The minimum absolute atomic E-state index is 0.1000. The summed E-state index contributed by atoms with van der Waals surface area (Å²) in [6.07, 6.45) is 0. The average molecular weight is 494 g/mol. The first-order chi connectivity index (χ1) is 16.4. The second-order valence-electron chi connectivity index (χ2n) is 7.91. The highest BCUT2D eigenvalue weighted by atomic mass is 35.5. The van der Waals surface area contributed by atoms with Crippen LogP contribution < -0.4 is 20.1 Å². The molecular weight excluding hydrogens is 474 g/mol. The van der Waals surface area contributed by atoms with Gasteiger partial charge in [-0.15, -0.1) is 0 Å². The Morgan fingerprint density at radius 1 is 1.03 bits per heavy atom. The molecular formula is C25H20ClN3O4S. The number of nitrogens with one attached hydrogen (secondary N) is 2. The quantitative estimate of drug-likeness (QED) is 0.356. The number of nitrogens with zero attached hydrogens (tertiary/aromatic N) is 1. The van der Waals surface area contributed by atoms with Crippen LogP contribution in [-0.2, 0) is 0 Å². The second-order valence-corrected chi connectivity index (χ2v) is 8.73. The maximum Gasteiger partial charge on any atom is 0.257 e. The fourth-order valence-corrected chi connectivity index (χ4v) is 4.14. The molecule has 172 valence electrons. The van der Waals surface area contributed by atoms with E-state index in [4.69, 9.17) is 37.7 Å². The van der Waals surface area contributed by atoms with Gasteiger partial charge < -0.3 is 19.2 Å². The molecule has 5 rings (SSSR count). The molecule has 0 fully saturated rings. The standard InChI is InChI=1S/C25H20ClN3O4S/c1-13-9-14(2)22-19(10-13)27-24(33-22)16-3-5-17(26)18(11-16)28-25(34)29-23(30)15-4-6-20-21(12-15)32-8-7-31-20/h3-6,9-12H,7-8H2,1-2H3,(H2,28,29,30,34). The zero-order valence-corrected chi connectivity index (χ0v) is 20.0. The molecule has 0 atom stereocenters. The lowest BCUT2D eigenvalue weighted by atomic mass is 10.1. The van der Waals surface area contributed by atoms with E-state index in [0.29, 0.717) is 46.9 Å². The smallest absolute Gasteiger partial charge is 0.257 e. The summed E-state index contributed by atoms with van der Waals surface area (Å²) in [6, 6.07) is 14.3. The minimum Gasteiger partial charge on any atom is -0.486 e. The van der Waals surface area contributed by atoms with E-state index in [9.17, 15) is 4.79 Å². The molecule has 4 aromatic rings. The molecule has 0 aliphatic carbocycles. The molecule has 0 radical (unpaired) electrons. The fraction of sp³-hybridized carbons (Fsp3) is 0.160. The van der Waals surface area contributed by atoms with Crippen LogP contribution in [0.3, 0.4) is 0 Å². The van der Waals surface area contributed by atoms with Crippen molar-refractivity contribution in [2.24, 2.45) is 0 Å². The van der Waals surface area contributed by atoms with Crippen LogP contribution >= 0.6 is 23.8 Å². The van der Waals surface area contributed by atoms with Gasteiger partial charge in [-0.25, -0.2) is 4.98 Å². The Bertz CT molecular complexity index is 1450. The summed E-state index contributed by atoms with van der Waals surface area (Å²) in [5.74, 6) is 1.22. The van der Waals surface area contributed by atoms with Crippen molar-refractivity contribution in [3.05, 3.63) is 70.2 Å². The summed E-state index contributed by atoms with van der Waals surface area (Å²) >= 11 is 11.7. The predicted octanol–water partition coefficient (Wildman–Crippen LogP) is 5.66. The normalized spacial score (nSPS) is 12.4. The molecule has 1 aromatic heterocycles. The van der Waals surface area contributed by atoms with Crippen molar-refractivity contribution in [2.45, 2.75) is 13.8 Å². The molecule has 3 aromatic carbocycles. The Labute approximate surface area is 206 Å². The van der Waals surface area contributed by atoms with Gasteiger partial charge in [0.15, 0.2) is 22.2 Å². The van der Waals surface area contributed by atoms with Crippen LogP contribution in [0.15, 0.2) is 52.9 Å². The van der Waals surface area contributed by atoms with E-state index in [1.54, 1.807) is 30.3 Å². The highest BCUT2D eigenvalue weighted by Gasteiger charge is 2.17. The first kappa shape index (κ1) is 22.2. The number of fused-ring (bicyclic) bond motifs is 2. The van der Waals surface area contributed by atoms with Gasteiger partial charge in [0.05, 0.1) is 10.7 Å². The minimum atomic E-state index is -0.383. The summed E-state index contributed by atoms with van der Waals surface area (Å²) in [7, 11) is 0. The van der Waals surface area contributed by atoms with Crippen LogP contribution in [0.4, 0.5) is 5.69 Å². The van der Waals surface area contributed by atoms with Gasteiger partial charge >= 0.3 is 0 Å². The lowest BCUT2D eigenvalue weighted by molar-refractivity contribution is 0.0976. The third-order valence-corrected chi connectivity index (χ3v) is 5.85. The highest BCUT2D eigenvalue weighted by Crippen LogP contribution is 2.32. The largest absolute Gasteiger partial charge is 0.486 e. The SMILES string of the molecule is Cc1cc(C)c2oc(-c3ccc(Cl)c(NC(=S)NC(=O)c4ccc5c(c4)OCCO5)c3)nc2c1. The third kappa shape index (κ3) is 4.42. The van der Waals surface area contributed by atoms with E-state index in [0.717, 1.165) is 27.8 Å². The molecule has 1 aliphatic heterocycles. The molecule has 34 heavy (non-hydrogen) atoms. The first-order valence-electron chi connectivity index (χ1n) is 10.6. The van der Waals surface area contributed by atoms with Crippen molar-refractivity contribution in [3.63, 3.8) is 0 Å². The monoisotopic (exact) mass is 493 g/mol. The number of thiocarbonyl (C=S) groups is 1. The van der Waals surface area contributed by atoms with Gasteiger partial charge in [0.1, 0.15) is 18.7 Å². The van der Waals surface area contributed by atoms with Crippen molar-refractivity contribution in [1.82, 2.24) is 10.3 Å². The molecule has 2 N–H and O–H groups in total. The van der Waals surface area contributed by atoms with E-state index in [1.165, 1.54) is 0 Å². The number of carbonyl (C=O) groups is 1. The number of hydrogen-bond donors (Lipinski definition) is 2. The average Bonchev–Trinajstić information content (AvgIpc) is 3.24. The predicted molar refractivity (Wildman–Crippen MR) is 135 cm³/mol. The van der Waals surface area contributed by atoms with Gasteiger partial charge in [0.25, 0.3) is 5.91 Å². The van der Waals surface area contributed by atoms with E-state index in [1.807, 2.05) is 26.0 Å². The summed E-state index contributed by atoms with van der Waals surface area (Å²) in [6.45, 7) is 4.93. The molecule has 9 heteroatoms. The summed E-state index contributed by atoms with van der Waals surface area (Å²) in [5, 5.41) is 6.17. The van der Waals surface area contributed by atoms with Crippen LogP contribution in [0.2, 0.25) is 5.02 Å². The molecule has 2 heterocycles. The van der Waals surface area contributed by atoms with Gasteiger partial charge in [-0.3, -0.25) is 10.1 Å². The highest BCUT2D eigenvalue weighted by molar-refractivity contribution is 7.80. The zero-order valence-electron chi connectivity index (χ0n) is 18.4. The Kier molecular flexibility index (Phi) is 5.85. The number of ether oxygens (including phenoxy) is 2. The van der Waals surface area contributed by atoms with E-state index in [2.05, 4.69) is 21.7 Å². The molecule has 1 amide bonds. The summed E-state index contributed by atoms with van der Waals surface area (Å²) < 4.78 is 17.0. The van der Waals surface area contributed by atoms with Crippen LogP contribution in [0.5, 0.6) is 11.5 Å². The van der Waals surface area contributed by atoms with Crippen molar-refractivity contribution < 1.29 is 18.7 Å². The summed E-state index contributed by atoms with van der Waals surface area (Å²) in [5.41, 5.74) is 5.30. The lowest BCUT2D eigenvalue weighted by Crippen LogP contribution is -2.34. The molecule has 7 nitrogen and oxygen atoms in total. The number of aromatic nitrogens is 1. The Morgan fingerprint density at radius 3 is 2.65 bits per heavy atom. The number of carbonyl (C=O) groups excluding carboxylic acids is 1. The lowest BCUT2D eigenvalue weighted by Gasteiger charge is -2.18. The first-order valence-corrected chi connectivity index (χ1v) is 11.4. The number of oxazole rings is 1. The van der Waals surface area contributed by atoms with Crippen LogP contribution in [0.25, 0.3) is 22.6 Å². The molecule has 0 saturated carbocycles. The Hall–Kier alpha value is -3.62. The third-order valence-electron chi connectivity index (χ3n) is 5.31. The zero-order chi connectivity index (χ0) is 23.8. The van der Waals surface area contributed by atoms with Crippen molar-refractivity contribution in [3.8, 4) is 23.0 Å². The molecule has 0 saturated heterocycles. The van der Waals surface area contributed by atoms with E-state index < -0.39 is 0 Å². The van der Waals surface area contributed by atoms with Gasteiger partial charge in [-0.1, -0.05) is 17.7 Å². The second kappa shape index (κ2) is 8.96. The van der Waals surface area contributed by atoms with Crippen molar-refractivity contribution in [1.29, 1.82) is 0 Å². The van der Waals surface area contributed by atoms with Crippen LogP contribution in [0.1, 0.15) is 21.5 Å². The van der Waals surface area contributed by atoms with E-state index >= 15 is 0 Å². The number of rotatable bonds is 3. The number of benzene rings is 3. The van der Waals surface area contributed by atoms with Crippen molar-refractivity contribution >= 4 is 51.6 Å². The number of anilines is 1. The number of amides is 1. The van der Waals surface area contributed by atoms with Crippen LogP contribution in [0, 0.1) is 13.8 Å². The summed E-state index contributed by atoms with van der Waals surface area (Å²) in [4.78, 5) is 17.3. The molecule has 0 spiro atoms. The molecule has 0 bridgehead atoms. The number of halogens is 1. The van der Waals surface area contributed by atoms with Crippen molar-refractivity contribution in [2.75, 3.05) is 18.5 Å². The van der Waals surface area contributed by atoms with Crippen LogP contribution in [-0.4, -0.2) is 29.2 Å². The Morgan fingerprint density at radius 2 is 1.82 bits per heavy atom. The molecule has 1 aliphatic rings. The maximum atomic E-state index is 12.7.